The first-order valence-corrected chi connectivity index (χ1v) is 9.55. The Hall–Kier alpha value is -3.07. The fourth-order valence-electron chi connectivity index (χ4n) is 2.50. The third-order valence-electron chi connectivity index (χ3n) is 4.05. The predicted molar refractivity (Wildman–Crippen MR) is 109 cm³/mol. The van der Waals surface area contributed by atoms with Gasteiger partial charge in [-0.3, -0.25) is 4.79 Å². The van der Waals surface area contributed by atoms with E-state index in [4.69, 9.17) is 5.84 Å². The van der Waals surface area contributed by atoms with Crippen molar-refractivity contribution >= 4 is 23.4 Å². The average molecular weight is 400 g/mol. The normalized spacial score (nSPS) is 10.7. The highest BCUT2D eigenvalue weighted by Gasteiger charge is 2.16. The zero-order chi connectivity index (χ0) is 20.1. The van der Waals surface area contributed by atoms with Crippen molar-refractivity contribution in [2.24, 2.45) is 0 Å². The molecule has 0 radical (unpaired) electrons. The summed E-state index contributed by atoms with van der Waals surface area (Å²) in [5.74, 6) is 5.71. The molecule has 2 aromatic carbocycles. The first kappa shape index (κ1) is 19.7. The summed E-state index contributed by atoms with van der Waals surface area (Å²) in [6.45, 7) is 0.433. The lowest BCUT2D eigenvalue weighted by molar-refractivity contribution is -0.118. The van der Waals surface area contributed by atoms with Crippen LogP contribution in [0.4, 0.5) is 10.1 Å². The molecule has 3 rings (SSSR count). The van der Waals surface area contributed by atoms with Crippen LogP contribution in [0.2, 0.25) is 0 Å². The van der Waals surface area contributed by atoms with Crippen molar-refractivity contribution in [3.05, 3.63) is 59.9 Å². The van der Waals surface area contributed by atoms with Gasteiger partial charge in [0.05, 0.1) is 11.3 Å². The van der Waals surface area contributed by atoms with E-state index in [1.807, 2.05) is 43.3 Å². The Morgan fingerprint density at radius 1 is 1.18 bits per heavy atom. The van der Waals surface area contributed by atoms with E-state index in [0.29, 0.717) is 11.7 Å². The molecule has 0 saturated carbocycles. The fraction of sp³-hybridized carbons (Fsp3) is 0.211. The number of aromatic nitrogens is 3. The number of hydrogen-bond acceptors (Lipinski definition) is 6. The standard InChI is InChI=1S/C19H21FN6OS/c1-25(2)14-9-7-13(8-10-14)11-22-17(27)12-28-19-24-23-18(26(19)21)15-5-3-4-6-16(15)20/h3-10H,11-12,21H2,1-2H3,(H,22,27). The summed E-state index contributed by atoms with van der Waals surface area (Å²) in [6.07, 6.45) is 0. The first-order valence-electron chi connectivity index (χ1n) is 8.57. The third kappa shape index (κ3) is 4.61. The Labute approximate surface area is 166 Å². The topological polar surface area (TPSA) is 89.1 Å². The number of carbonyl (C=O) groups is 1. The number of halogens is 1. The average Bonchev–Trinajstić information content (AvgIpc) is 3.05. The van der Waals surface area contributed by atoms with Gasteiger partial charge in [0, 0.05) is 26.3 Å². The van der Waals surface area contributed by atoms with Gasteiger partial charge in [0.2, 0.25) is 11.1 Å². The number of benzene rings is 2. The van der Waals surface area contributed by atoms with Gasteiger partial charge in [0.15, 0.2) is 5.82 Å². The number of nitrogen functional groups attached to an aromatic ring is 1. The maximum absolute atomic E-state index is 13.9. The van der Waals surface area contributed by atoms with Crippen LogP contribution in [0, 0.1) is 5.82 Å². The van der Waals surface area contributed by atoms with Gasteiger partial charge in [0.1, 0.15) is 5.82 Å². The van der Waals surface area contributed by atoms with E-state index < -0.39 is 5.82 Å². The summed E-state index contributed by atoms with van der Waals surface area (Å²) in [5, 5.41) is 11.1. The number of hydrogen-bond donors (Lipinski definition) is 2. The van der Waals surface area contributed by atoms with E-state index in [1.54, 1.807) is 18.2 Å². The van der Waals surface area contributed by atoms with E-state index in [1.165, 1.54) is 10.7 Å². The summed E-state index contributed by atoms with van der Waals surface area (Å²) < 4.78 is 15.1. The highest BCUT2D eigenvalue weighted by molar-refractivity contribution is 7.99. The highest BCUT2D eigenvalue weighted by atomic mass is 32.2. The molecule has 0 fully saturated rings. The minimum Gasteiger partial charge on any atom is -0.378 e. The summed E-state index contributed by atoms with van der Waals surface area (Å²) in [5.41, 5.74) is 2.36. The number of amides is 1. The quantitative estimate of drug-likeness (QED) is 0.467. The largest absolute Gasteiger partial charge is 0.378 e. The lowest BCUT2D eigenvalue weighted by atomic mass is 10.2. The molecule has 0 aliphatic rings. The second-order valence-corrected chi connectivity index (χ2v) is 7.22. The molecule has 146 valence electrons. The minimum atomic E-state index is -0.434. The smallest absolute Gasteiger partial charge is 0.230 e. The number of nitrogens with two attached hydrogens (primary N) is 1. The van der Waals surface area contributed by atoms with Gasteiger partial charge in [-0.1, -0.05) is 36.0 Å². The SMILES string of the molecule is CN(C)c1ccc(CNC(=O)CSc2nnc(-c3ccccc3F)n2N)cc1. The van der Waals surface area contributed by atoms with Crippen LogP contribution in [0.3, 0.4) is 0 Å². The highest BCUT2D eigenvalue weighted by Crippen LogP contribution is 2.23. The van der Waals surface area contributed by atoms with Crippen molar-refractivity contribution in [3.63, 3.8) is 0 Å². The molecule has 0 aliphatic carbocycles. The van der Waals surface area contributed by atoms with Crippen molar-refractivity contribution < 1.29 is 9.18 Å². The number of thioether (sulfide) groups is 1. The van der Waals surface area contributed by atoms with Crippen LogP contribution in [0.25, 0.3) is 11.4 Å². The van der Waals surface area contributed by atoms with E-state index >= 15 is 0 Å². The molecule has 0 unspecified atom stereocenters. The van der Waals surface area contributed by atoms with Gasteiger partial charge in [-0.05, 0) is 29.8 Å². The maximum atomic E-state index is 13.9. The predicted octanol–water partition coefficient (Wildman–Crippen LogP) is 2.27. The molecular weight excluding hydrogens is 379 g/mol. The molecule has 1 amide bonds. The second kappa shape index (κ2) is 8.75. The lowest BCUT2D eigenvalue weighted by Crippen LogP contribution is -2.25. The monoisotopic (exact) mass is 400 g/mol. The lowest BCUT2D eigenvalue weighted by Gasteiger charge is -2.12. The second-order valence-electron chi connectivity index (χ2n) is 6.28. The Kier molecular flexibility index (Phi) is 6.15. The molecule has 1 aromatic heterocycles. The van der Waals surface area contributed by atoms with Crippen LogP contribution in [-0.2, 0) is 11.3 Å². The Bertz CT molecular complexity index is 957. The number of rotatable bonds is 7. The zero-order valence-electron chi connectivity index (χ0n) is 15.6. The zero-order valence-corrected chi connectivity index (χ0v) is 16.4. The van der Waals surface area contributed by atoms with Crippen molar-refractivity contribution in [2.75, 3.05) is 30.6 Å². The van der Waals surface area contributed by atoms with Gasteiger partial charge in [-0.2, -0.15) is 0 Å². The van der Waals surface area contributed by atoms with Gasteiger partial charge < -0.3 is 16.1 Å². The van der Waals surface area contributed by atoms with E-state index in [0.717, 1.165) is 23.0 Å². The van der Waals surface area contributed by atoms with Crippen LogP contribution >= 0.6 is 11.8 Å². The molecule has 0 atom stereocenters. The van der Waals surface area contributed by atoms with E-state index in [-0.39, 0.29) is 23.0 Å². The van der Waals surface area contributed by atoms with Gasteiger partial charge >= 0.3 is 0 Å². The van der Waals surface area contributed by atoms with Crippen molar-refractivity contribution in [2.45, 2.75) is 11.7 Å². The Balaban J connectivity index is 1.54. The van der Waals surface area contributed by atoms with E-state index in [9.17, 15) is 9.18 Å². The number of nitrogens with one attached hydrogen (secondary N) is 1. The molecule has 0 bridgehead atoms. The molecule has 0 saturated heterocycles. The summed E-state index contributed by atoms with van der Waals surface area (Å²) in [7, 11) is 3.95. The van der Waals surface area contributed by atoms with Crippen LogP contribution in [0.15, 0.2) is 53.7 Å². The fourth-order valence-corrected chi connectivity index (χ4v) is 3.18. The van der Waals surface area contributed by atoms with Gasteiger partial charge in [0.25, 0.3) is 0 Å². The minimum absolute atomic E-state index is 0.127. The van der Waals surface area contributed by atoms with Crippen molar-refractivity contribution in [3.8, 4) is 11.4 Å². The molecule has 7 nitrogen and oxygen atoms in total. The van der Waals surface area contributed by atoms with Crippen LogP contribution in [0.5, 0.6) is 0 Å². The van der Waals surface area contributed by atoms with Crippen LogP contribution < -0.4 is 16.1 Å². The van der Waals surface area contributed by atoms with E-state index in [2.05, 4.69) is 15.5 Å². The molecular formula is C19H21FN6OS. The molecule has 3 N–H and O–H groups in total. The molecule has 3 aromatic rings. The number of carbonyl (C=O) groups excluding carboxylic acids is 1. The van der Waals surface area contributed by atoms with Gasteiger partial charge in [-0.15, -0.1) is 10.2 Å². The Morgan fingerprint density at radius 2 is 1.89 bits per heavy atom. The van der Waals surface area contributed by atoms with Crippen molar-refractivity contribution in [1.82, 2.24) is 20.2 Å². The molecule has 0 spiro atoms. The summed E-state index contributed by atoms with van der Waals surface area (Å²) >= 11 is 1.14. The number of nitrogens with zero attached hydrogens (tertiary/aromatic N) is 4. The van der Waals surface area contributed by atoms with Crippen LogP contribution in [-0.4, -0.2) is 40.6 Å². The third-order valence-corrected chi connectivity index (χ3v) is 5.00. The maximum Gasteiger partial charge on any atom is 0.230 e. The van der Waals surface area contributed by atoms with Gasteiger partial charge in [-0.25, -0.2) is 9.07 Å². The first-order chi connectivity index (χ1) is 13.5. The molecule has 0 aliphatic heterocycles. The Morgan fingerprint density at radius 3 is 2.57 bits per heavy atom. The molecule has 28 heavy (non-hydrogen) atoms. The molecule has 9 heteroatoms. The summed E-state index contributed by atoms with van der Waals surface area (Å²) in [6, 6.07) is 14.1. The molecule has 1 heterocycles. The van der Waals surface area contributed by atoms with Crippen LogP contribution in [0.1, 0.15) is 5.56 Å². The van der Waals surface area contributed by atoms with Crippen molar-refractivity contribution in [1.29, 1.82) is 0 Å². The summed E-state index contributed by atoms with van der Waals surface area (Å²) in [4.78, 5) is 14.1. The number of anilines is 1.